The van der Waals surface area contributed by atoms with E-state index < -0.39 is 0 Å². The van der Waals surface area contributed by atoms with Crippen LogP contribution < -0.4 is 11.5 Å². The van der Waals surface area contributed by atoms with Crippen molar-refractivity contribution < 1.29 is 0 Å². The molecule has 0 fully saturated rings. The van der Waals surface area contributed by atoms with Gasteiger partial charge in [0.25, 0.3) is 0 Å². The number of rotatable bonds is 3. The Morgan fingerprint density at radius 2 is 1.21 bits per heavy atom. The van der Waals surface area contributed by atoms with E-state index in [1.165, 1.54) is 0 Å². The summed E-state index contributed by atoms with van der Waals surface area (Å²) in [5.74, 6) is 0. The van der Waals surface area contributed by atoms with Crippen LogP contribution in [-0.2, 0) is 0 Å². The SMILES string of the molecule is CCN.CN(C)C.CN(C)CCCN. The molecule has 0 unspecified atom stereocenters. The number of hydrogen-bond acceptors (Lipinski definition) is 4. The zero-order chi connectivity index (χ0) is 12.0. The van der Waals surface area contributed by atoms with Crippen molar-refractivity contribution >= 4 is 0 Å². The van der Waals surface area contributed by atoms with Gasteiger partial charge in [0, 0.05) is 0 Å². The summed E-state index contributed by atoms with van der Waals surface area (Å²) in [5.41, 5.74) is 10.1. The molecule has 0 saturated carbocycles. The van der Waals surface area contributed by atoms with Crippen molar-refractivity contribution in [2.45, 2.75) is 13.3 Å². The second kappa shape index (κ2) is 18.6. The van der Waals surface area contributed by atoms with E-state index in [0.717, 1.165) is 26.1 Å². The van der Waals surface area contributed by atoms with Gasteiger partial charge in [0.15, 0.2) is 0 Å². The zero-order valence-corrected chi connectivity index (χ0v) is 10.9. The lowest BCUT2D eigenvalue weighted by molar-refractivity contribution is 0.403. The maximum Gasteiger partial charge on any atom is -0.00128 e. The molecule has 90 valence electrons. The van der Waals surface area contributed by atoms with Crippen molar-refractivity contribution in [3.63, 3.8) is 0 Å². The molecular formula is C10H30N4. The van der Waals surface area contributed by atoms with E-state index in [9.17, 15) is 0 Å². The fourth-order valence-corrected chi connectivity index (χ4v) is 0.408. The van der Waals surface area contributed by atoms with Gasteiger partial charge in [0.2, 0.25) is 0 Å². The monoisotopic (exact) mass is 206 g/mol. The van der Waals surface area contributed by atoms with Crippen molar-refractivity contribution in [2.24, 2.45) is 11.5 Å². The Morgan fingerprint density at radius 1 is 0.929 bits per heavy atom. The zero-order valence-electron chi connectivity index (χ0n) is 10.9. The Morgan fingerprint density at radius 3 is 1.29 bits per heavy atom. The summed E-state index contributed by atoms with van der Waals surface area (Å²) >= 11 is 0. The van der Waals surface area contributed by atoms with Gasteiger partial charge in [0.1, 0.15) is 0 Å². The van der Waals surface area contributed by atoms with E-state index >= 15 is 0 Å². The Balaban J connectivity index is -0.000000147. The van der Waals surface area contributed by atoms with Crippen LogP contribution in [-0.4, -0.2) is 64.7 Å². The first-order chi connectivity index (χ1) is 6.42. The van der Waals surface area contributed by atoms with E-state index in [-0.39, 0.29) is 0 Å². The first-order valence-electron chi connectivity index (χ1n) is 5.08. The molecule has 0 rings (SSSR count). The van der Waals surface area contributed by atoms with Gasteiger partial charge in [0.05, 0.1) is 0 Å². The smallest absolute Gasteiger partial charge is 0.00128 e. The van der Waals surface area contributed by atoms with Gasteiger partial charge in [-0.05, 0) is 61.3 Å². The molecule has 0 bridgehead atoms. The molecule has 0 aromatic rings. The molecule has 0 spiro atoms. The summed E-state index contributed by atoms with van der Waals surface area (Å²) in [6.07, 6.45) is 1.10. The highest BCUT2D eigenvalue weighted by Gasteiger charge is 1.83. The molecule has 0 saturated heterocycles. The van der Waals surface area contributed by atoms with Gasteiger partial charge in [-0.15, -0.1) is 0 Å². The van der Waals surface area contributed by atoms with Crippen LogP contribution in [0.4, 0.5) is 0 Å². The van der Waals surface area contributed by atoms with Gasteiger partial charge in [-0.2, -0.15) is 0 Å². The molecule has 4 nitrogen and oxygen atoms in total. The fourth-order valence-electron chi connectivity index (χ4n) is 0.408. The lowest BCUT2D eigenvalue weighted by atomic mass is 10.4. The van der Waals surface area contributed by atoms with Crippen LogP contribution in [0.1, 0.15) is 13.3 Å². The van der Waals surface area contributed by atoms with Crippen molar-refractivity contribution in [3.05, 3.63) is 0 Å². The summed E-state index contributed by atoms with van der Waals surface area (Å²) < 4.78 is 0. The Kier molecular flexibility index (Phi) is 25.8. The highest BCUT2D eigenvalue weighted by Crippen LogP contribution is 1.76. The van der Waals surface area contributed by atoms with Gasteiger partial charge < -0.3 is 21.3 Å². The lowest BCUT2D eigenvalue weighted by Crippen LogP contribution is -2.16. The number of nitrogens with zero attached hydrogens (tertiary/aromatic N) is 2. The molecule has 14 heavy (non-hydrogen) atoms. The van der Waals surface area contributed by atoms with E-state index in [1.807, 2.05) is 33.0 Å². The van der Waals surface area contributed by atoms with Gasteiger partial charge in [-0.25, -0.2) is 0 Å². The van der Waals surface area contributed by atoms with Gasteiger partial charge >= 0.3 is 0 Å². The molecule has 0 aromatic carbocycles. The summed E-state index contributed by atoms with van der Waals surface area (Å²) in [6, 6.07) is 0. The normalized spacial score (nSPS) is 9.00. The van der Waals surface area contributed by atoms with Crippen LogP contribution in [0.5, 0.6) is 0 Å². The molecule has 4 N–H and O–H groups in total. The molecule has 0 radical (unpaired) electrons. The largest absolute Gasteiger partial charge is 0.331 e. The fraction of sp³-hybridized carbons (Fsp3) is 1.00. The van der Waals surface area contributed by atoms with Crippen LogP contribution in [0, 0.1) is 0 Å². The molecule has 0 aromatic heterocycles. The minimum atomic E-state index is 0.750. The van der Waals surface area contributed by atoms with Crippen molar-refractivity contribution in [1.29, 1.82) is 0 Å². The first-order valence-corrected chi connectivity index (χ1v) is 5.08. The minimum absolute atomic E-state index is 0.750. The Labute approximate surface area is 90.2 Å². The van der Waals surface area contributed by atoms with Crippen LogP contribution in [0.25, 0.3) is 0 Å². The van der Waals surface area contributed by atoms with Crippen molar-refractivity contribution in [1.82, 2.24) is 9.80 Å². The second-order valence-electron chi connectivity index (χ2n) is 3.70. The average molecular weight is 206 g/mol. The Hall–Kier alpha value is -0.160. The number of hydrogen-bond donors (Lipinski definition) is 2. The molecule has 0 aliphatic rings. The highest BCUT2D eigenvalue weighted by molar-refractivity contribution is 4.42. The molecule has 0 aliphatic heterocycles. The second-order valence-corrected chi connectivity index (χ2v) is 3.70. The van der Waals surface area contributed by atoms with Crippen LogP contribution in [0.2, 0.25) is 0 Å². The van der Waals surface area contributed by atoms with Gasteiger partial charge in [-0.1, -0.05) is 6.92 Å². The van der Waals surface area contributed by atoms with Gasteiger partial charge in [-0.3, -0.25) is 0 Å². The van der Waals surface area contributed by atoms with Crippen molar-refractivity contribution in [2.75, 3.05) is 54.9 Å². The molecule has 0 aliphatic carbocycles. The molecule has 4 heteroatoms. The van der Waals surface area contributed by atoms with Crippen molar-refractivity contribution in [3.8, 4) is 0 Å². The predicted molar refractivity (Wildman–Crippen MR) is 66.6 cm³/mol. The standard InChI is InChI=1S/C5H14N2.C3H9N.C2H7N/c1-7(2)5-3-4-6;1-4(2)3;1-2-3/h3-6H2,1-2H3;1-3H3;2-3H2,1H3. The third-order valence-corrected chi connectivity index (χ3v) is 0.809. The first kappa shape index (κ1) is 19.4. The number of nitrogens with two attached hydrogens (primary N) is 2. The van der Waals surface area contributed by atoms with E-state index in [4.69, 9.17) is 11.5 Å². The quantitative estimate of drug-likeness (QED) is 0.684. The third kappa shape index (κ3) is 94.4. The average Bonchev–Trinajstić information content (AvgIpc) is 2.01. The highest BCUT2D eigenvalue weighted by atomic mass is 15.0. The summed E-state index contributed by atoms with van der Waals surface area (Å²) in [6.45, 7) is 4.56. The van der Waals surface area contributed by atoms with Crippen LogP contribution in [0.15, 0.2) is 0 Å². The van der Waals surface area contributed by atoms with Crippen LogP contribution in [0.3, 0.4) is 0 Å². The molecular weight excluding hydrogens is 176 g/mol. The van der Waals surface area contributed by atoms with E-state index in [1.54, 1.807) is 0 Å². The molecule has 0 heterocycles. The third-order valence-electron chi connectivity index (χ3n) is 0.809. The molecule has 0 amide bonds. The maximum absolute atomic E-state index is 5.25. The maximum atomic E-state index is 5.25. The lowest BCUT2D eigenvalue weighted by Gasteiger charge is -2.05. The topological polar surface area (TPSA) is 58.5 Å². The van der Waals surface area contributed by atoms with E-state index in [0.29, 0.717) is 0 Å². The summed E-state index contributed by atoms with van der Waals surface area (Å²) in [7, 11) is 10.1. The summed E-state index contributed by atoms with van der Waals surface area (Å²) in [4.78, 5) is 4.13. The predicted octanol–water partition coefficient (Wildman–Crippen LogP) is 0.0396. The Bertz CT molecular complexity index is 71.8. The van der Waals surface area contributed by atoms with E-state index in [2.05, 4.69) is 19.0 Å². The summed E-state index contributed by atoms with van der Waals surface area (Å²) in [5, 5.41) is 0. The minimum Gasteiger partial charge on any atom is -0.331 e. The van der Waals surface area contributed by atoms with Crippen LogP contribution >= 0.6 is 0 Å². The molecule has 0 atom stereocenters.